The smallest absolute Gasteiger partial charge is 0.239 e. The second kappa shape index (κ2) is 9.09. The minimum Gasteiger partial charge on any atom is -0.495 e. The van der Waals surface area contributed by atoms with Crippen LogP contribution in [-0.4, -0.2) is 62.5 Å². The van der Waals surface area contributed by atoms with Crippen LogP contribution in [0.4, 0.5) is 14.5 Å². The van der Waals surface area contributed by atoms with E-state index in [4.69, 9.17) is 9.73 Å². The highest BCUT2D eigenvalue weighted by Gasteiger charge is 2.36. The zero-order chi connectivity index (χ0) is 22.9. The molecule has 0 saturated carbocycles. The molecule has 1 aliphatic carbocycles. The van der Waals surface area contributed by atoms with Crippen molar-refractivity contribution in [1.29, 1.82) is 0 Å². The first-order valence-electron chi connectivity index (χ1n) is 11.5. The summed E-state index contributed by atoms with van der Waals surface area (Å²) >= 11 is 0. The van der Waals surface area contributed by atoms with Crippen molar-refractivity contribution in [2.45, 2.75) is 31.2 Å². The van der Waals surface area contributed by atoms with Gasteiger partial charge in [-0.25, -0.2) is 8.78 Å². The van der Waals surface area contributed by atoms with Crippen LogP contribution in [-0.2, 0) is 11.2 Å². The lowest BCUT2D eigenvalue weighted by Gasteiger charge is -2.36. The Morgan fingerprint density at radius 3 is 2.70 bits per heavy atom. The molecule has 5 rings (SSSR count). The molecule has 2 aromatic rings. The zero-order valence-electron chi connectivity index (χ0n) is 18.7. The summed E-state index contributed by atoms with van der Waals surface area (Å²) in [6.07, 6.45) is 2.01. The van der Waals surface area contributed by atoms with Crippen molar-refractivity contribution in [3.05, 3.63) is 59.2 Å². The number of para-hydroxylation sites is 2. The first-order chi connectivity index (χ1) is 16.0. The summed E-state index contributed by atoms with van der Waals surface area (Å²) in [7, 11) is 1.68. The van der Waals surface area contributed by atoms with Gasteiger partial charge in [0.05, 0.1) is 25.4 Å². The summed E-state index contributed by atoms with van der Waals surface area (Å²) in [5.41, 5.74) is 2.75. The number of carbonyl (C=O) groups is 1. The summed E-state index contributed by atoms with van der Waals surface area (Å²) in [4.78, 5) is 21.8. The Morgan fingerprint density at radius 2 is 1.91 bits per heavy atom. The van der Waals surface area contributed by atoms with Crippen LogP contribution in [0.5, 0.6) is 5.75 Å². The van der Waals surface area contributed by atoms with E-state index in [1.807, 2.05) is 18.2 Å². The van der Waals surface area contributed by atoms with Crippen LogP contribution in [0.2, 0.25) is 0 Å². The van der Waals surface area contributed by atoms with Gasteiger partial charge in [0.2, 0.25) is 5.91 Å². The van der Waals surface area contributed by atoms with E-state index in [2.05, 4.69) is 21.2 Å². The molecule has 2 heterocycles. The predicted molar refractivity (Wildman–Crippen MR) is 123 cm³/mol. The Labute approximate surface area is 192 Å². The summed E-state index contributed by atoms with van der Waals surface area (Å²) < 4.78 is 32.9. The van der Waals surface area contributed by atoms with Gasteiger partial charge in [0.25, 0.3) is 0 Å². The van der Waals surface area contributed by atoms with Crippen LogP contribution >= 0.6 is 0 Å². The van der Waals surface area contributed by atoms with Crippen molar-refractivity contribution in [1.82, 2.24) is 10.2 Å². The van der Waals surface area contributed by atoms with Crippen molar-refractivity contribution in [3.63, 3.8) is 0 Å². The van der Waals surface area contributed by atoms with Gasteiger partial charge in [-0.1, -0.05) is 12.1 Å². The van der Waals surface area contributed by atoms with E-state index in [1.54, 1.807) is 7.11 Å². The van der Waals surface area contributed by atoms with Crippen molar-refractivity contribution < 1.29 is 18.3 Å². The number of piperazine rings is 1. The lowest BCUT2D eigenvalue weighted by Crippen LogP contribution is -2.50. The molecule has 33 heavy (non-hydrogen) atoms. The quantitative estimate of drug-likeness (QED) is 0.772. The SMILES string of the molecule is COc1ccccc1N1CCN(CC(=O)NC2=N[C@@H]3CCc4cc(F)c(F)cc4[C@@H]3C2)CC1. The average molecular weight is 455 g/mol. The number of aliphatic imine (C=N–C) groups is 1. The van der Waals surface area contributed by atoms with Crippen LogP contribution in [0.25, 0.3) is 0 Å². The molecule has 2 aromatic carbocycles. The third-order valence-corrected chi connectivity index (χ3v) is 6.94. The number of methoxy groups -OCH3 is 1. The maximum Gasteiger partial charge on any atom is 0.239 e. The number of hydrogen-bond donors (Lipinski definition) is 1. The van der Waals surface area contributed by atoms with E-state index in [9.17, 15) is 13.6 Å². The average Bonchev–Trinajstić information content (AvgIpc) is 3.23. The molecule has 0 unspecified atom stereocenters. The number of fused-ring (bicyclic) bond motifs is 3. The van der Waals surface area contributed by atoms with Crippen LogP contribution in [0.15, 0.2) is 41.4 Å². The third-order valence-electron chi connectivity index (χ3n) is 6.94. The van der Waals surface area contributed by atoms with Crippen molar-refractivity contribution >= 4 is 17.4 Å². The number of hydrogen-bond acceptors (Lipinski definition) is 5. The number of nitrogens with one attached hydrogen (secondary N) is 1. The van der Waals surface area contributed by atoms with Crippen molar-refractivity contribution in [3.8, 4) is 5.75 Å². The van der Waals surface area contributed by atoms with Crippen LogP contribution in [0.3, 0.4) is 0 Å². The fourth-order valence-electron chi connectivity index (χ4n) is 5.26. The minimum absolute atomic E-state index is 0.00328. The molecule has 0 radical (unpaired) electrons. The molecule has 1 amide bonds. The number of halogens is 2. The van der Waals surface area contributed by atoms with E-state index in [0.29, 0.717) is 25.2 Å². The second-order valence-corrected chi connectivity index (χ2v) is 8.94. The van der Waals surface area contributed by atoms with E-state index in [1.165, 1.54) is 12.1 Å². The maximum absolute atomic E-state index is 13.8. The number of aryl methyl sites for hydroxylation is 1. The van der Waals surface area contributed by atoms with Crippen LogP contribution in [0.1, 0.15) is 29.9 Å². The predicted octanol–water partition coefficient (Wildman–Crippen LogP) is 3.11. The number of amides is 1. The number of benzene rings is 2. The Morgan fingerprint density at radius 1 is 1.15 bits per heavy atom. The molecule has 174 valence electrons. The van der Waals surface area contributed by atoms with Gasteiger partial charge in [-0.3, -0.25) is 14.7 Å². The van der Waals surface area contributed by atoms with Gasteiger partial charge in [0, 0.05) is 38.5 Å². The summed E-state index contributed by atoms with van der Waals surface area (Å²) in [5.74, 6) is -0.189. The fourth-order valence-corrected chi connectivity index (χ4v) is 5.26. The van der Waals surface area contributed by atoms with Gasteiger partial charge in [-0.05, 0) is 48.2 Å². The zero-order valence-corrected chi connectivity index (χ0v) is 18.7. The Kier molecular flexibility index (Phi) is 6.01. The molecule has 1 N–H and O–H groups in total. The highest BCUT2D eigenvalue weighted by molar-refractivity contribution is 6.00. The van der Waals surface area contributed by atoms with Gasteiger partial charge >= 0.3 is 0 Å². The second-order valence-electron chi connectivity index (χ2n) is 8.94. The van der Waals surface area contributed by atoms with Gasteiger partial charge in [-0.15, -0.1) is 0 Å². The lowest BCUT2D eigenvalue weighted by atomic mass is 9.79. The number of anilines is 1. The van der Waals surface area contributed by atoms with Crippen LogP contribution in [0, 0.1) is 11.6 Å². The standard InChI is InChI=1S/C25H28F2N4O2/c1-33-23-5-3-2-4-22(23)31-10-8-30(9-11-31)15-25(32)29-24-14-18-17-13-20(27)19(26)12-16(17)6-7-21(18)28-24/h2-5,12-13,18,21H,6-11,14-15H2,1H3,(H,28,29,32)/t18-,21+/m0/s1. The number of amidine groups is 1. The molecule has 2 aliphatic heterocycles. The van der Waals surface area contributed by atoms with Crippen LogP contribution < -0.4 is 15.0 Å². The first-order valence-corrected chi connectivity index (χ1v) is 11.5. The molecule has 2 atom stereocenters. The molecule has 3 aliphatic rings. The summed E-state index contributed by atoms with van der Waals surface area (Å²) in [6.45, 7) is 3.50. The van der Waals surface area contributed by atoms with E-state index >= 15 is 0 Å². The number of ether oxygens (including phenoxy) is 1. The first kappa shape index (κ1) is 21.8. The highest BCUT2D eigenvalue weighted by Crippen LogP contribution is 2.40. The highest BCUT2D eigenvalue weighted by atomic mass is 19.2. The molecule has 1 fully saturated rings. The summed E-state index contributed by atoms with van der Waals surface area (Å²) in [5, 5.41) is 2.97. The Hall–Kier alpha value is -3.00. The molecular formula is C25H28F2N4O2. The van der Waals surface area contributed by atoms with E-state index < -0.39 is 11.6 Å². The molecule has 0 aromatic heterocycles. The Balaban J connectivity index is 1.15. The van der Waals surface area contributed by atoms with Crippen molar-refractivity contribution in [2.75, 3.05) is 44.7 Å². The largest absolute Gasteiger partial charge is 0.495 e. The van der Waals surface area contributed by atoms with Gasteiger partial charge < -0.3 is 15.0 Å². The number of carbonyl (C=O) groups excluding carboxylic acids is 1. The van der Waals surface area contributed by atoms with Gasteiger partial charge in [0.15, 0.2) is 11.6 Å². The van der Waals surface area contributed by atoms with E-state index in [0.717, 1.165) is 55.2 Å². The Bertz CT molecular complexity index is 1080. The normalized spacial score (nSPS) is 22.4. The minimum atomic E-state index is -0.820. The molecular weight excluding hydrogens is 426 g/mol. The third kappa shape index (κ3) is 4.44. The summed E-state index contributed by atoms with van der Waals surface area (Å²) in [6, 6.07) is 10.6. The number of nitrogens with zero attached hydrogens (tertiary/aromatic N) is 3. The fraction of sp³-hybridized carbons (Fsp3) is 0.440. The molecule has 0 bridgehead atoms. The topological polar surface area (TPSA) is 57.2 Å². The maximum atomic E-state index is 13.8. The lowest BCUT2D eigenvalue weighted by molar-refractivity contribution is -0.120. The van der Waals surface area contributed by atoms with Gasteiger partial charge in [0.1, 0.15) is 11.6 Å². The van der Waals surface area contributed by atoms with E-state index in [-0.39, 0.29) is 17.9 Å². The van der Waals surface area contributed by atoms with Gasteiger partial charge in [-0.2, -0.15) is 0 Å². The molecule has 6 nitrogen and oxygen atoms in total. The molecule has 1 saturated heterocycles. The number of rotatable bonds is 4. The monoisotopic (exact) mass is 454 g/mol. The molecule has 8 heteroatoms. The molecule has 0 spiro atoms. The van der Waals surface area contributed by atoms with Crippen molar-refractivity contribution in [2.24, 2.45) is 4.99 Å².